The Hall–Kier alpha value is -1.58. The van der Waals surface area contributed by atoms with Gasteiger partial charge in [-0.05, 0) is 24.8 Å². The first kappa shape index (κ1) is 8.71. The Morgan fingerprint density at radius 3 is 3.07 bits per heavy atom. The van der Waals surface area contributed by atoms with Crippen molar-refractivity contribution in [2.45, 2.75) is 25.8 Å². The summed E-state index contributed by atoms with van der Waals surface area (Å²) < 4.78 is 2.11. The van der Waals surface area contributed by atoms with E-state index < -0.39 is 0 Å². The van der Waals surface area contributed by atoms with Gasteiger partial charge >= 0.3 is 0 Å². The lowest BCUT2D eigenvalue weighted by Crippen LogP contribution is -2.19. The van der Waals surface area contributed by atoms with Gasteiger partial charge in [-0.3, -0.25) is 4.98 Å². The normalized spacial score (nSPS) is 16.8. The number of nitrogen functional groups attached to an aromatic ring is 1. The molecule has 15 heavy (non-hydrogen) atoms. The summed E-state index contributed by atoms with van der Waals surface area (Å²) in [5.41, 5.74) is 7.91. The summed E-state index contributed by atoms with van der Waals surface area (Å²) in [5, 5.41) is 0. The molecule has 78 valence electrons. The molecule has 4 heteroatoms. The van der Waals surface area contributed by atoms with Crippen LogP contribution in [0.15, 0.2) is 18.5 Å². The zero-order valence-electron chi connectivity index (χ0n) is 8.56. The number of pyridine rings is 1. The van der Waals surface area contributed by atoms with Crippen LogP contribution in [-0.2, 0) is 6.54 Å². The van der Waals surface area contributed by atoms with Crippen LogP contribution in [0.3, 0.4) is 0 Å². The van der Waals surface area contributed by atoms with Crippen LogP contribution < -0.4 is 5.73 Å². The fraction of sp³-hybridized carbons (Fsp3) is 0.455. The van der Waals surface area contributed by atoms with Crippen molar-refractivity contribution < 1.29 is 0 Å². The fourth-order valence-electron chi connectivity index (χ4n) is 2.13. The smallest absolute Gasteiger partial charge is 0.201 e. The molecule has 2 aromatic heterocycles. The van der Waals surface area contributed by atoms with E-state index in [1.807, 2.05) is 6.07 Å². The highest BCUT2D eigenvalue weighted by Gasteiger charge is 2.20. The molecule has 2 N–H and O–H groups in total. The summed E-state index contributed by atoms with van der Waals surface area (Å²) in [6.07, 6.45) is 7.57. The second-order valence-corrected chi connectivity index (χ2v) is 4.24. The monoisotopic (exact) mass is 202 g/mol. The Morgan fingerprint density at radius 1 is 1.47 bits per heavy atom. The first-order valence-corrected chi connectivity index (χ1v) is 5.40. The Balaban J connectivity index is 2.03. The van der Waals surface area contributed by atoms with Crippen LogP contribution in [0.25, 0.3) is 11.0 Å². The maximum Gasteiger partial charge on any atom is 0.201 e. The lowest BCUT2D eigenvalue weighted by Gasteiger charge is -2.26. The maximum absolute atomic E-state index is 5.90. The van der Waals surface area contributed by atoms with E-state index in [0.717, 1.165) is 23.5 Å². The van der Waals surface area contributed by atoms with Gasteiger partial charge < -0.3 is 10.3 Å². The van der Waals surface area contributed by atoms with Gasteiger partial charge in [-0.1, -0.05) is 6.42 Å². The molecule has 0 aromatic carbocycles. The highest BCUT2D eigenvalue weighted by Crippen LogP contribution is 2.30. The predicted octanol–water partition coefficient (Wildman–Crippen LogP) is 1.81. The fourth-order valence-corrected chi connectivity index (χ4v) is 2.13. The highest BCUT2D eigenvalue weighted by molar-refractivity contribution is 5.76. The summed E-state index contributed by atoms with van der Waals surface area (Å²) in [6.45, 7) is 1.01. The van der Waals surface area contributed by atoms with Crippen LogP contribution in [0.2, 0.25) is 0 Å². The van der Waals surface area contributed by atoms with Crippen molar-refractivity contribution in [1.29, 1.82) is 0 Å². The molecule has 0 radical (unpaired) electrons. The zero-order valence-corrected chi connectivity index (χ0v) is 8.56. The summed E-state index contributed by atoms with van der Waals surface area (Å²) in [4.78, 5) is 8.35. The quantitative estimate of drug-likeness (QED) is 0.808. The number of rotatable bonds is 2. The minimum atomic E-state index is 0.616. The van der Waals surface area contributed by atoms with Gasteiger partial charge in [0.15, 0.2) is 0 Å². The van der Waals surface area contributed by atoms with Crippen molar-refractivity contribution in [3.05, 3.63) is 18.5 Å². The third kappa shape index (κ3) is 1.37. The molecule has 1 aliphatic carbocycles. The number of imidazole rings is 1. The van der Waals surface area contributed by atoms with Crippen LogP contribution in [0, 0.1) is 5.92 Å². The summed E-state index contributed by atoms with van der Waals surface area (Å²) >= 11 is 0. The maximum atomic E-state index is 5.90. The topological polar surface area (TPSA) is 56.7 Å². The molecule has 2 aromatic rings. The third-order valence-corrected chi connectivity index (χ3v) is 3.25. The van der Waals surface area contributed by atoms with E-state index in [9.17, 15) is 0 Å². The van der Waals surface area contributed by atoms with E-state index in [2.05, 4.69) is 14.5 Å². The first-order chi connectivity index (χ1) is 7.34. The lowest BCUT2D eigenvalue weighted by molar-refractivity contribution is 0.281. The second kappa shape index (κ2) is 3.22. The summed E-state index contributed by atoms with van der Waals surface area (Å²) in [7, 11) is 0. The SMILES string of the molecule is Nc1nc2cnccc2n1CC1CCC1. The molecule has 1 aliphatic rings. The number of anilines is 1. The van der Waals surface area contributed by atoms with Crippen molar-refractivity contribution in [3.8, 4) is 0 Å². The molecule has 0 unspecified atom stereocenters. The first-order valence-electron chi connectivity index (χ1n) is 5.40. The van der Waals surface area contributed by atoms with Crippen molar-refractivity contribution in [1.82, 2.24) is 14.5 Å². The molecular weight excluding hydrogens is 188 g/mol. The van der Waals surface area contributed by atoms with Gasteiger partial charge in [0.1, 0.15) is 5.52 Å². The van der Waals surface area contributed by atoms with E-state index in [1.165, 1.54) is 19.3 Å². The number of hydrogen-bond donors (Lipinski definition) is 1. The Bertz CT molecular complexity index is 484. The summed E-state index contributed by atoms with van der Waals surface area (Å²) in [5.74, 6) is 1.41. The second-order valence-electron chi connectivity index (χ2n) is 4.24. The minimum Gasteiger partial charge on any atom is -0.369 e. The molecule has 2 heterocycles. The molecule has 0 saturated heterocycles. The largest absolute Gasteiger partial charge is 0.369 e. The van der Waals surface area contributed by atoms with Gasteiger partial charge in [-0.15, -0.1) is 0 Å². The number of hydrogen-bond acceptors (Lipinski definition) is 3. The number of aromatic nitrogens is 3. The molecule has 0 spiro atoms. The molecule has 0 bridgehead atoms. The van der Waals surface area contributed by atoms with Crippen molar-refractivity contribution in [3.63, 3.8) is 0 Å². The van der Waals surface area contributed by atoms with Crippen LogP contribution in [0.4, 0.5) is 5.95 Å². The number of nitrogens with zero attached hydrogens (tertiary/aromatic N) is 3. The average Bonchev–Trinajstić information content (AvgIpc) is 2.48. The number of fused-ring (bicyclic) bond motifs is 1. The Kier molecular flexibility index (Phi) is 1.87. The van der Waals surface area contributed by atoms with Crippen molar-refractivity contribution in [2.75, 3.05) is 5.73 Å². The average molecular weight is 202 g/mol. The van der Waals surface area contributed by atoms with Gasteiger partial charge in [0.2, 0.25) is 5.95 Å². The number of nitrogens with two attached hydrogens (primary N) is 1. The van der Waals surface area contributed by atoms with Gasteiger partial charge in [-0.25, -0.2) is 4.98 Å². The minimum absolute atomic E-state index is 0.616. The van der Waals surface area contributed by atoms with Crippen LogP contribution >= 0.6 is 0 Å². The van der Waals surface area contributed by atoms with E-state index in [4.69, 9.17) is 5.73 Å². The zero-order chi connectivity index (χ0) is 10.3. The van der Waals surface area contributed by atoms with Crippen molar-refractivity contribution in [2.24, 2.45) is 5.92 Å². The Labute approximate surface area is 88.1 Å². The van der Waals surface area contributed by atoms with E-state index in [1.54, 1.807) is 12.4 Å². The van der Waals surface area contributed by atoms with Gasteiger partial charge in [-0.2, -0.15) is 0 Å². The van der Waals surface area contributed by atoms with E-state index in [-0.39, 0.29) is 0 Å². The van der Waals surface area contributed by atoms with Gasteiger partial charge in [0, 0.05) is 12.7 Å². The van der Waals surface area contributed by atoms with Crippen LogP contribution in [-0.4, -0.2) is 14.5 Å². The Morgan fingerprint density at radius 2 is 2.33 bits per heavy atom. The molecule has 0 atom stereocenters. The van der Waals surface area contributed by atoms with Crippen LogP contribution in [0.1, 0.15) is 19.3 Å². The highest BCUT2D eigenvalue weighted by atomic mass is 15.2. The lowest BCUT2D eigenvalue weighted by atomic mass is 9.85. The molecule has 4 nitrogen and oxygen atoms in total. The third-order valence-electron chi connectivity index (χ3n) is 3.25. The van der Waals surface area contributed by atoms with Gasteiger partial charge in [0.25, 0.3) is 0 Å². The molecule has 1 saturated carbocycles. The predicted molar refractivity (Wildman–Crippen MR) is 59.3 cm³/mol. The van der Waals surface area contributed by atoms with Gasteiger partial charge in [0.05, 0.1) is 11.7 Å². The molecule has 0 amide bonds. The summed E-state index contributed by atoms with van der Waals surface area (Å²) in [6, 6.07) is 1.98. The standard InChI is InChI=1S/C11H14N4/c12-11-14-9-6-13-5-4-10(9)15(11)7-8-2-1-3-8/h4-6,8H,1-3,7H2,(H2,12,14). The van der Waals surface area contributed by atoms with Crippen LogP contribution in [0.5, 0.6) is 0 Å². The molecule has 0 aliphatic heterocycles. The van der Waals surface area contributed by atoms with Crippen molar-refractivity contribution >= 4 is 17.0 Å². The molecule has 3 rings (SSSR count). The van der Waals surface area contributed by atoms with E-state index >= 15 is 0 Å². The molecule has 1 fully saturated rings. The van der Waals surface area contributed by atoms with E-state index in [0.29, 0.717) is 5.95 Å². The molecular formula is C11H14N4.